The van der Waals surface area contributed by atoms with Gasteiger partial charge in [0.25, 0.3) is 5.79 Å². The maximum Gasteiger partial charge on any atom is 0.366 e. The number of carbonyl (C=O) groups is 19. The van der Waals surface area contributed by atoms with Gasteiger partial charge >= 0.3 is 101 Å². The van der Waals surface area contributed by atoms with Gasteiger partial charge in [0.15, 0.2) is 67.7 Å². The Labute approximate surface area is 695 Å². The topological polar surface area (TPSA) is 588 Å². The van der Waals surface area contributed by atoms with Gasteiger partial charge in [0.1, 0.15) is 100 Å². The zero-order valence-electron chi connectivity index (χ0n) is 69.4. The van der Waals surface area contributed by atoms with Gasteiger partial charge in [-0.2, -0.15) is 0 Å². The fourth-order valence-electron chi connectivity index (χ4n) is 13.6. The van der Waals surface area contributed by atoms with Gasteiger partial charge in [-0.15, -0.1) is 0 Å². The number of hydrogen-bond donors (Lipinski definition) is 2. The maximum absolute atomic E-state index is 15.8. The van der Waals surface area contributed by atoms with E-state index in [-0.39, 0.29) is 5.56 Å². The standard InChI is InChI=1S/C75H98N2O45/c1-30(78)76-54-48(103-36(7)84)24-75(74(96)97-18,121-62(54)57(106-39(10)87)49(104-37(8)85)25-98-32(3)80)122-65-60(52(28-101-35(6)83)117-73(68(65)112-45(16)93)119-59-51(27-100-34(5)82)115-71(113-46(17)94)66(110-43(14)91)64(59)109-42(13)90)118-70-55(77-31(2)79)61(56(105-38(9)86)53(114-70)29-102-69(95)47-22-20-19-21-23-47)120-72-67(111-44(15)92)63(108-41(12)89)58(107-40(11)88)50(116-72)26-99-33(4)81/h19-23,48-68,70-73H,24-29H2,1-18H3,(H,76,78)(H,77,79)/t48-,49+,50+,51+,52+,53+,54+,55+,56-,57+,58-,59+,60-,61+,62-,63-,64-,65-,66+,67+,68+,70-,71?,72-,73-,75-/m0/s1. The van der Waals surface area contributed by atoms with Crippen LogP contribution in [0.25, 0.3) is 0 Å². The summed E-state index contributed by atoms with van der Waals surface area (Å²) in [5.41, 5.74) is -0.123. The van der Waals surface area contributed by atoms with Crippen molar-refractivity contribution in [2.45, 2.75) is 283 Å². The van der Waals surface area contributed by atoms with Crippen molar-refractivity contribution in [3.05, 3.63) is 35.9 Å². The van der Waals surface area contributed by atoms with E-state index in [2.05, 4.69) is 10.6 Å². The molecule has 6 rings (SSSR count). The molecule has 0 bridgehead atoms. The van der Waals surface area contributed by atoms with Crippen LogP contribution in [0.2, 0.25) is 0 Å². The highest BCUT2D eigenvalue weighted by atomic mass is 16.8. The van der Waals surface area contributed by atoms with Crippen molar-refractivity contribution in [2.75, 3.05) is 40.1 Å². The predicted octanol–water partition coefficient (Wildman–Crippen LogP) is -1.92. The number of ether oxygens (including phenoxy) is 26. The van der Waals surface area contributed by atoms with Gasteiger partial charge in [-0.1, -0.05) is 18.2 Å². The zero-order valence-corrected chi connectivity index (χ0v) is 69.4. The van der Waals surface area contributed by atoms with Crippen LogP contribution in [0.4, 0.5) is 0 Å². The van der Waals surface area contributed by atoms with Crippen LogP contribution in [0, 0.1) is 0 Å². The lowest BCUT2D eigenvalue weighted by Gasteiger charge is -2.54. The minimum atomic E-state index is -3.56. The number of esters is 17. The minimum absolute atomic E-state index is 0.123. The molecular weight excluding hydrogens is 1650 g/mol. The highest BCUT2D eigenvalue weighted by molar-refractivity contribution is 5.89. The van der Waals surface area contributed by atoms with Crippen LogP contribution < -0.4 is 10.6 Å². The van der Waals surface area contributed by atoms with Gasteiger partial charge in [-0.05, 0) is 12.1 Å². The normalized spacial score (nSPS) is 30.2. The maximum atomic E-state index is 15.8. The van der Waals surface area contributed by atoms with E-state index in [0.29, 0.717) is 7.11 Å². The molecular formula is C75H98N2O45. The Bertz CT molecular complexity index is 3970. The molecule has 26 atom stereocenters. The van der Waals surface area contributed by atoms with Crippen molar-refractivity contribution >= 4 is 113 Å². The van der Waals surface area contributed by atoms with Crippen molar-refractivity contribution in [2.24, 2.45) is 0 Å². The molecule has 5 aliphatic heterocycles. The molecule has 1 unspecified atom stereocenters. The minimum Gasteiger partial charge on any atom is -0.465 e. The van der Waals surface area contributed by atoms with Crippen LogP contribution in [0.3, 0.4) is 0 Å². The summed E-state index contributed by atoms with van der Waals surface area (Å²) in [6.07, 6.45) is -53.2. The molecule has 678 valence electrons. The lowest BCUT2D eigenvalue weighted by Crippen LogP contribution is -2.73. The fourth-order valence-corrected chi connectivity index (χ4v) is 13.6. The molecule has 2 amide bonds. The quantitative estimate of drug-likeness (QED) is 0.0553. The molecule has 1 aromatic rings. The summed E-state index contributed by atoms with van der Waals surface area (Å²) in [5.74, 6) is -26.1. The van der Waals surface area contributed by atoms with Gasteiger partial charge in [0.2, 0.25) is 24.2 Å². The first kappa shape index (κ1) is 99.6. The predicted molar refractivity (Wildman–Crippen MR) is 384 cm³/mol. The summed E-state index contributed by atoms with van der Waals surface area (Å²) in [6, 6.07) is 2.81. The third-order valence-corrected chi connectivity index (χ3v) is 17.6. The van der Waals surface area contributed by atoms with Crippen LogP contribution >= 0.6 is 0 Å². The van der Waals surface area contributed by atoms with E-state index in [9.17, 15) is 86.3 Å². The van der Waals surface area contributed by atoms with E-state index in [0.717, 1.165) is 118 Å². The van der Waals surface area contributed by atoms with E-state index in [1.54, 1.807) is 0 Å². The Hall–Kier alpha value is -11.2. The molecule has 47 nitrogen and oxygen atoms in total. The Morgan fingerprint density at radius 2 is 0.721 bits per heavy atom. The molecule has 0 saturated carbocycles. The molecule has 0 aliphatic carbocycles. The van der Waals surface area contributed by atoms with Crippen molar-refractivity contribution < 1.29 is 214 Å². The van der Waals surface area contributed by atoms with Gasteiger partial charge in [-0.25, -0.2) is 9.59 Å². The number of hydrogen-bond acceptors (Lipinski definition) is 45. The largest absolute Gasteiger partial charge is 0.465 e. The average Bonchev–Trinajstić information content (AvgIpc) is 0.719. The number of benzene rings is 1. The highest BCUT2D eigenvalue weighted by Crippen LogP contribution is 2.45. The Kier molecular flexibility index (Phi) is 37.2. The summed E-state index contributed by atoms with van der Waals surface area (Å²) in [4.78, 5) is 257. The van der Waals surface area contributed by atoms with Crippen LogP contribution in [0.5, 0.6) is 0 Å². The monoisotopic (exact) mass is 1750 g/mol. The molecule has 5 aliphatic rings. The molecule has 0 spiro atoms. The van der Waals surface area contributed by atoms with Crippen LogP contribution in [-0.2, 0) is 209 Å². The first-order chi connectivity index (χ1) is 57.2. The third kappa shape index (κ3) is 29.0. The number of carbonyl (C=O) groups excluding carboxylic acids is 19. The number of methoxy groups -OCH3 is 1. The first-order valence-electron chi connectivity index (χ1n) is 37.4. The molecule has 5 saturated heterocycles. The zero-order chi connectivity index (χ0) is 91.1. The summed E-state index contributed by atoms with van der Waals surface area (Å²) >= 11 is 0. The number of nitrogens with one attached hydrogen (secondary N) is 2. The van der Waals surface area contributed by atoms with E-state index in [4.69, 9.17) is 123 Å². The van der Waals surface area contributed by atoms with E-state index >= 15 is 4.79 Å². The Balaban J connectivity index is 1.83. The lowest BCUT2D eigenvalue weighted by molar-refractivity contribution is -0.402. The highest BCUT2D eigenvalue weighted by Gasteiger charge is 2.66. The van der Waals surface area contributed by atoms with E-state index in [1.807, 2.05) is 0 Å². The van der Waals surface area contributed by atoms with Crippen LogP contribution in [0.15, 0.2) is 30.3 Å². The summed E-state index contributed by atoms with van der Waals surface area (Å²) in [6.45, 7) is 9.47. The smallest absolute Gasteiger partial charge is 0.366 e. The van der Waals surface area contributed by atoms with Crippen molar-refractivity contribution in [3.63, 3.8) is 0 Å². The Morgan fingerprint density at radius 3 is 1.16 bits per heavy atom. The third-order valence-electron chi connectivity index (χ3n) is 17.6. The fraction of sp³-hybridized carbons (Fsp3) is 0.667. The van der Waals surface area contributed by atoms with E-state index in [1.165, 1.54) is 30.3 Å². The second-order valence-electron chi connectivity index (χ2n) is 27.7. The molecule has 47 heteroatoms. The lowest BCUT2D eigenvalue weighted by atomic mass is 9.87. The van der Waals surface area contributed by atoms with Gasteiger partial charge in [0.05, 0.1) is 25.1 Å². The SMILES string of the molecule is COC(=O)[C@@]1(O[C@H]2[C@@H](O[C@@H]3O[C@H](COC(=O)c4ccccc4)[C@H](OC(C)=O)[C@H](O[C@@H]4O[C@H](COC(C)=O)[C@H](OC(C)=O)[C@H](OC(C)=O)[C@H]4OC(C)=O)[C@H]3NC(C)=O)[C@@H](COC(C)=O)O[C@@H](O[C@H]3[C@H](OC(C)=O)[C@@H](OC(C)=O)C(OC(C)=O)O[C@@H]3COC(C)=O)[C@@H]2OC(C)=O)C[C@H](OC(C)=O)[C@@H](NC(C)=O)[C@@H]([C@H](OC(C)=O)[C@@H](COC(C)=O)OC(C)=O)O1. The van der Waals surface area contributed by atoms with Crippen molar-refractivity contribution in [3.8, 4) is 0 Å². The number of rotatable bonds is 35. The Morgan fingerprint density at radius 1 is 0.361 bits per heavy atom. The summed E-state index contributed by atoms with van der Waals surface area (Å²) in [5, 5.41) is 5.01. The van der Waals surface area contributed by atoms with Crippen LogP contribution in [0.1, 0.15) is 134 Å². The summed E-state index contributed by atoms with van der Waals surface area (Å²) < 4.78 is 156. The van der Waals surface area contributed by atoms with Crippen LogP contribution in [-0.4, -0.2) is 312 Å². The molecule has 2 N–H and O–H groups in total. The van der Waals surface area contributed by atoms with Gasteiger partial charge in [0, 0.05) is 118 Å². The van der Waals surface area contributed by atoms with E-state index < -0.39 is 312 Å². The van der Waals surface area contributed by atoms with Gasteiger partial charge in [-0.3, -0.25) is 81.5 Å². The molecule has 1 aromatic carbocycles. The second kappa shape index (κ2) is 45.6. The molecule has 122 heavy (non-hydrogen) atoms. The van der Waals surface area contributed by atoms with Crippen molar-refractivity contribution in [1.82, 2.24) is 10.6 Å². The molecule has 0 aromatic heterocycles. The average molecular weight is 1750 g/mol. The van der Waals surface area contributed by atoms with Crippen molar-refractivity contribution in [1.29, 1.82) is 0 Å². The first-order valence-corrected chi connectivity index (χ1v) is 37.4. The second-order valence-corrected chi connectivity index (χ2v) is 27.7. The molecule has 5 fully saturated rings. The number of amides is 2. The molecule has 0 radical (unpaired) electrons. The summed E-state index contributed by atoms with van der Waals surface area (Å²) in [7, 11) is 0.712. The molecule has 5 heterocycles. The van der Waals surface area contributed by atoms with Gasteiger partial charge < -0.3 is 134 Å².